The van der Waals surface area contributed by atoms with Crippen LogP contribution in [0.25, 0.3) is 0 Å². The van der Waals surface area contributed by atoms with Gasteiger partial charge in [-0.1, -0.05) is 96.2 Å². The summed E-state index contributed by atoms with van der Waals surface area (Å²) in [4.78, 5) is 5.28. The molecule has 3 aromatic carbocycles. The average Bonchev–Trinajstić information content (AvgIpc) is 3.41. The molecule has 2 heterocycles. The molecule has 3 aromatic rings. The maximum Gasteiger partial charge on any atom is 0.143 e. The zero-order valence-corrected chi connectivity index (χ0v) is 16.1. The Labute approximate surface area is 170 Å². The van der Waals surface area contributed by atoms with Gasteiger partial charge in [0, 0.05) is 0 Å². The molecule has 5 rings (SSSR count). The number of nitrogens with zero attached hydrogens (tertiary/aromatic N) is 1. The summed E-state index contributed by atoms with van der Waals surface area (Å²) >= 11 is 0. The van der Waals surface area contributed by atoms with Gasteiger partial charge < -0.3 is 14.3 Å². The van der Waals surface area contributed by atoms with E-state index in [4.69, 9.17) is 14.3 Å². The van der Waals surface area contributed by atoms with Gasteiger partial charge in [0.1, 0.15) is 12.2 Å². The van der Waals surface area contributed by atoms with E-state index >= 15 is 0 Å². The van der Waals surface area contributed by atoms with Gasteiger partial charge in [0.2, 0.25) is 0 Å². The molecule has 146 valence electrons. The van der Waals surface area contributed by atoms with Crippen LogP contribution in [0.15, 0.2) is 96.2 Å². The minimum atomic E-state index is -0.730. The molecule has 0 saturated carbocycles. The smallest absolute Gasteiger partial charge is 0.143 e. The Morgan fingerprint density at radius 3 is 1.83 bits per heavy atom. The van der Waals surface area contributed by atoms with Gasteiger partial charge >= 0.3 is 0 Å². The van der Waals surface area contributed by atoms with Crippen LogP contribution in [0, 0.1) is 5.92 Å². The van der Waals surface area contributed by atoms with Crippen molar-refractivity contribution in [2.45, 2.75) is 11.7 Å². The van der Waals surface area contributed by atoms with Crippen LogP contribution in [0.3, 0.4) is 0 Å². The molecule has 1 fully saturated rings. The zero-order valence-electron chi connectivity index (χ0n) is 16.1. The van der Waals surface area contributed by atoms with Crippen LogP contribution in [-0.4, -0.2) is 31.6 Å². The minimum absolute atomic E-state index is 0.0632. The summed E-state index contributed by atoms with van der Waals surface area (Å²) in [5, 5.41) is 4.10. The molecule has 0 radical (unpaired) electrons. The second-order valence-electron chi connectivity index (χ2n) is 7.42. The van der Waals surface area contributed by atoms with Crippen LogP contribution in [0.5, 0.6) is 0 Å². The lowest BCUT2D eigenvalue weighted by atomic mass is 9.80. The van der Waals surface area contributed by atoms with Crippen LogP contribution in [0.4, 0.5) is 0 Å². The Kier molecular flexibility index (Phi) is 4.88. The maximum absolute atomic E-state index is 6.84. The third-order valence-corrected chi connectivity index (χ3v) is 5.76. The van der Waals surface area contributed by atoms with Crippen molar-refractivity contribution >= 4 is 5.71 Å². The Bertz CT molecular complexity index is 876. The first kappa shape index (κ1) is 18.1. The number of benzene rings is 3. The molecule has 0 aromatic heterocycles. The fraction of sp³-hybridized carbons (Fsp3) is 0.240. The molecule has 0 bridgehead atoms. The second-order valence-corrected chi connectivity index (χ2v) is 7.42. The summed E-state index contributed by atoms with van der Waals surface area (Å²) < 4.78 is 12.8. The van der Waals surface area contributed by atoms with E-state index in [1.54, 1.807) is 0 Å². The minimum Gasteiger partial charge on any atom is -0.395 e. The summed E-state index contributed by atoms with van der Waals surface area (Å²) in [7, 11) is 0. The summed E-state index contributed by atoms with van der Waals surface area (Å²) in [6.45, 7) is 1.54. The lowest BCUT2D eigenvalue weighted by molar-refractivity contribution is -0.0623. The van der Waals surface area contributed by atoms with Crippen molar-refractivity contribution in [3.63, 3.8) is 0 Å². The number of rotatable bonds is 6. The molecule has 0 N–H and O–H groups in total. The topological polar surface area (TPSA) is 40.0 Å². The third-order valence-electron chi connectivity index (χ3n) is 5.76. The number of oxime groups is 1. The predicted molar refractivity (Wildman–Crippen MR) is 112 cm³/mol. The molecule has 29 heavy (non-hydrogen) atoms. The van der Waals surface area contributed by atoms with Gasteiger partial charge in [-0.2, -0.15) is 0 Å². The zero-order chi connectivity index (χ0) is 19.5. The van der Waals surface area contributed by atoms with Crippen LogP contribution in [-0.2, 0) is 19.9 Å². The quantitative estimate of drug-likeness (QED) is 0.591. The fourth-order valence-corrected chi connectivity index (χ4v) is 4.27. The lowest BCUT2D eigenvalue weighted by Crippen LogP contribution is -2.37. The Hall–Kier alpha value is -2.95. The van der Waals surface area contributed by atoms with Gasteiger partial charge in [-0.05, 0) is 16.7 Å². The first-order chi connectivity index (χ1) is 14.4. The Morgan fingerprint density at radius 2 is 1.31 bits per heavy atom. The van der Waals surface area contributed by atoms with Gasteiger partial charge in [0.05, 0.1) is 30.9 Å². The molecular weight excluding hydrogens is 362 g/mol. The summed E-state index contributed by atoms with van der Waals surface area (Å²) in [6, 6.07) is 31.2. The SMILES string of the molecule is c1ccc(C(OC[C@H]2OCC3=NOC[C@H]32)(c2ccccc2)c2ccccc2)cc1. The number of hydrogen-bond donors (Lipinski definition) is 0. The van der Waals surface area contributed by atoms with Crippen molar-refractivity contribution in [2.24, 2.45) is 11.1 Å². The summed E-state index contributed by atoms with van der Waals surface area (Å²) in [5.74, 6) is 0.176. The van der Waals surface area contributed by atoms with Crippen LogP contribution in [0.1, 0.15) is 16.7 Å². The second kappa shape index (κ2) is 7.82. The van der Waals surface area contributed by atoms with Crippen molar-refractivity contribution < 1.29 is 14.3 Å². The van der Waals surface area contributed by atoms with Crippen molar-refractivity contribution in [1.29, 1.82) is 0 Å². The van der Waals surface area contributed by atoms with E-state index in [-0.39, 0.29) is 12.0 Å². The van der Waals surface area contributed by atoms with Crippen LogP contribution in [0.2, 0.25) is 0 Å². The Morgan fingerprint density at radius 1 is 0.793 bits per heavy atom. The van der Waals surface area contributed by atoms with Gasteiger partial charge in [-0.15, -0.1) is 0 Å². The number of fused-ring (bicyclic) bond motifs is 1. The standard InChI is InChI=1S/C25H23NO3/c1-4-10-19(11-5-1)25(20-12-6-2-7-13-20,21-14-8-3-9-15-21)28-18-24-22-16-29-26-23(22)17-27-24/h1-15,22,24H,16-18H2/t22-,24-/m1/s1. The summed E-state index contributed by atoms with van der Waals surface area (Å²) in [5.41, 5.74) is 3.53. The number of ether oxygens (including phenoxy) is 2. The van der Waals surface area contributed by atoms with Crippen molar-refractivity contribution in [3.8, 4) is 0 Å². The average molecular weight is 385 g/mol. The molecule has 0 amide bonds. The molecule has 2 atom stereocenters. The number of hydrogen-bond acceptors (Lipinski definition) is 4. The Balaban J connectivity index is 1.59. The normalized spacial score (nSPS) is 20.8. The van der Waals surface area contributed by atoms with E-state index in [0.717, 1.165) is 22.4 Å². The summed E-state index contributed by atoms with van der Waals surface area (Å²) in [6.07, 6.45) is -0.0632. The van der Waals surface area contributed by atoms with Gasteiger partial charge in [-0.25, -0.2) is 0 Å². The van der Waals surface area contributed by atoms with E-state index in [1.807, 2.05) is 18.2 Å². The molecule has 2 aliphatic heterocycles. The molecule has 2 aliphatic rings. The van der Waals surface area contributed by atoms with Crippen LogP contribution < -0.4 is 0 Å². The van der Waals surface area contributed by atoms with E-state index < -0.39 is 5.60 Å². The fourth-order valence-electron chi connectivity index (χ4n) is 4.27. The van der Waals surface area contributed by atoms with Crippen molar-refractivity contribution in [2.75, 3.05) is 19.8 Å². The molecule has 0 aliphatic carbocycles. The molecule has 4 nitrogen and oxygen atoms in total. The van der Waals surface area contributed by atoms with Crippen molar-refractivity contribution in [1.82, 2.24) is 0 Å². The lowest BCUT2D eigenvalue weighted by Gasteiger charge is -2.37. The highest BCUT2D eigenvalue weighted by atomic mass is 16.6. The first-order valence-corrected chi connectivity index (χ1v) is 9.99. The van der Waals surface area contributed by atoms with Gasteiger partial charge in [0.25, 0.3) is 0 Å². The maximum atomic E-state index is 6.84. The molecule has 1 saturated heterocycles. The van der Waals surface area contributed by atoms with Crippen molar-refractivity contribution in [3.05, 3.63) is 108 Å². The molecule has 0 spiro atoms. The van der Waals surface area contributed by atoms with E-state index in [9.17, 15) is 0 Å². The largest absolute Gasteiger partial charge is 0.395 e. The van der Waals surface area contributed by atoms with Crippen LogP contribution >= 0.6 is 0 Å². The third kappa shape index (κ3) is 3.24. The molecule has 0 unspecified atom stereocenters. The van der Waals surface area contributed by atoms with E-state index in [2.05, 4.69) is 78.0 Å². The molecule has 4 heteroatoms. The first-order valence-electron chi connectivity index (χ1n) is 9.99. The predicted octanol–water partition coefficient (Wildman–Crippen LogP) is 4.40. The highest BCUT2D eigenvalue weighted by Crippen LogP contribution is 2.41. The highest BCUT2D eigenvalue weighted by molar-refractivity contribution is 5.90. The van der Waals surface area contributed by atoms with Gasteiger partial charge in [-0.3, -0.25) is 0 Å². The van der Waals surface area contributed by atoms with E-state index in [1.165, 1.54) is 0 Å². The van der Waals surface area contributed by atoms with E-state index in [0.29, 0.717) is 19.8 Å². The van der Waals surface area contributed by atoms with Gasteiger partial charge in [0.15, 0.2) is 0 Å². The monoisotopic (exact) mass is 385 g/mol. The molecular formula is C25H23NO3. The highest BCUT2D eigenvalue weighted by Gasteiger charge is 2.43.